The van der Waals surface area contributed by atoms with Gasteiger partial charge in [-0.3, -0.25) is 4.79 Å². The number of aryl methyl sites for hydroxylation is 2. The van der Waals surface area contributed by atoms with Gasteiger partial charge in [-0.15, -0.1) is 16.4 Å². The van der Waals surface area contributed by atoms with E-state index in [1.807, 2.05) is 13.8 Å². The highest BCUT2D eigenvalue weighted by Crippen LogP contribution is 2.30. The van der Waals surface area contributed by atoms with Gasteiger partial charge in [-0.05, 0) is 19.4 Å². The molecule has 3 heterocycles. The average molecular weight is 393 g/mol. The van der Waals surface area contributed by atoms with Crippen molar-refractivity contribution in [3.63, 3.8) is 0 Å². The van der Waals surface area contributed by atoms with Gasteiger partial charge >= 0.3 is 5.69 Å². The predicted octanol–water partition coefficient (Wildman–Crippen LogP) is 0.844. The molecule has 0 aliphatic rings. The van der Waals surface area contributed by atoms with E-state index < -0.39 is 0 Å². The van der Waals surface area contributed by atoms with Crippen LogP contribution in [-0.4, -0.2) is 70.5 Å². The van der Waals surface area contributed by atoms with Gasteiger partial charge in [0.2, 0.25) is 5.91 Å². The Kier molecular flexibility index (Phi) is 5.88. The van der Waals surface area contributed by atoms with Crippen LogP contribution in [0.25, 0.3) is 15.9 Å². The van der Waals surface area contributed by atoms with Gasteiger partial charge in [-0.1, -0.05) is 0 Å². The molecule has 0 saturated heterocycles. The lowest BCUT2D eigenvalue weighted by Crippen LogP contribution is -2.40. The highest BCUT2D eigenvalue weighted by molar-refractivity contribution is 7.18. The molecular weight excluding hydrogens is 370 g/mol. The van der Waals surface area contributed by atoms with Gasteiger partial charge in [0.05, 0.1) is 18.6 Å². The molecule has 0 atom stereocenters. The molecule has 0 radical (unpaired) electrons. The molecule has 1 amide bonds. The van der Waals surface area contributed by atoms with E-state index in [0.29, 0.717) is 32.0 Å². The van der Waals surface area contributed by atoms with Crippen molar-refractivity contribution >= 4 is 33.1 Å². The number of ether oxygens (including phenoxy) is 2. The number of methoxy groups -OCH3 is 2. The second kappa shape index (κ2) is 8.15. The smallest absolute Gasteiger partial charge is 0.352 e. The van der Waals surface area contributed by atoms with Crippen LogP contribution < -0.4 is 5.69 Å². The summed E-state index contributed by atoms with van der Waals surface area (Å²) in [5.74, 6) is -0.211. The zero-order chi connectivity index (χ0) is 19.6. The van der Waals surface area contributed by atoms with Crippen molar-refractivity contribution in [1.29, 1.82) is 0 Å². The van der Waals surface area contributed by atoms with Crippen LogP contribution in [0.3, 0.4) is 0 Å². The minimum Gasteiger partial charge on any atom is -0.383 e. The Labute approximate surface area is 160 Å². The minimum absolute atomic E-state index is 0.141. The molecule has 3 rings (SSSR count). The molecule has 10 heteroatoms. The first-order valence-electron chi connectivity index (χ1n) is 8.57. The maximum Gasteiger partial charge on any atom is 0.352 e. The van der Waals surface area contributed by atoms with Crippen LogP contribution >= 0.6 is 11.3 Å². The molecule has 0 aliphatic heterocycles. The largest absolute Gasteiger partial charge is 0.383 e. The summed E-state index contributed by atoms with van der Waals surface area (Å²) < 4.78 is 12.7. The third-order valence-electron chi connectivity index (χ3n) is 4.52. The number of hydrogen-bond acceptors (Lipinski definition) is 7. The molecule has 0 unspecified atom stereocenters. The van der Waals surface area contributed by atoms with E-state index >= 15 is 0 Å². The maximum absolute atomic E-state index is 12.7. The van der Waals surface area contributed by atoms with Crippen molar-refractivity contribution in [2.24, 2.45) is 0 Å². The van der Waals surface area contributed by atoms with E-state index in [-0.39, 0.29) is 18.1 Å². The first-order chi connectivity index (χ1) is 13.0. The molecule has 0 spiro atoms. The number of aromatic nitrogens is 4. The van der Waals surface area contributed by atoms with Crippen LogP contribution in [0.5, 0.6) is 0 Å². The molecule has 0 saturated carbocycles. The molecule has 0 aliphatic carbocycles. The highest BCUT2D eigenvalue weighted by atomic mass is 32.1. The van der Waals surface area contributed by atoms with Crippen LogP contribution in [0.1, 0.15) is 10.4 Å². The van der Waals surface area contributed by atoms with Crippen molar-refractivity contribution in [2.75, 3.05) is 40.5 Å². The minimum atomic E-state index is -0.380. The standard InChI is InChI=1S/C17H23N5O4S/c1-11-12(2)27-16-14(11)15-19-22(17(24)21(15)10-18-16)9-13(23)20(5-7-25-3)6-8-26-4/h10H,5-9H2,1-4H3. The predicted molar refractivity (Wildman–Crippen MR) is 102 cm³/mol. The number of nitrogens with zero attached hydrogens (tertiary/aromatic N) is 5. The fraction of sp³-hybridized carbons (Fsp3) is 0.529. The van der Waals surface area contributed by atoms with Crippen molar-refractivity contribution in [1.82, 2.24) is 24.1 Å². The Bertz CT molecular complexity index is 1010. The molecule has 3 aromatic heterocycles. The van der Waals surface area contributed by atoms with Crippen molar-refractivity contribution < 1.29 is 14.3 Å². The van der Waals surface area contributed by atoms with Gasteiger partial charge in [-0.2, -0.15) is 0 Å². The topological polar surface area (TPSA) is 91.0 Å². The quantitative estimate of drug-likeness (QED) is 0.563. The average Bonchev–Trinajstić information content (AvgIpc) is 3.12. The van der Waals surface area contributed by atoms with Crippen molar-refractivity contribution in [3.05, 3.63) is 27.3 Å². The fourth-order valence-electron chi connectivity index (χ4n) is 2.86. The lowest BCUT2D eigenvalue weighted by molar-refractivity contribution is -0.133. The number of fused-ring (bicyclic) bond motifs is 3. The number of rotatable bonds is 8. The van der Waals surface area contributed by atoms with E-state index in [4.69, 9.17) is 9.47 Å². The summed E-state index contributed by atoms with van der Waals surface area (Å²) in [6.07, 6.45) is 1.47. The second-order valence-corrected chi connectivity index (χ2v) is 7.41. The lowest BCUT2D eigenvalue weighted by Gasteiger charge is -2.21. The summed E-state index contributed by atoms with van der Waals surface area (Å²) in [4.78, 5) is 33.3. The van der Waals surface area contributed by atoms with Crippen molar-refractivity contribution in [2.45, 2.75) is 20.4 Å². The van der Waals surface area contributed by atoms with Crippen molar-refractivity contribution in [3.8, 4) is 0 Å². The molecule has 146 valence electrons. The van der Waals surface area contributed by atoms with Crippen LogP contribution in [0.4, 0.5) is 0 Å². The summed E-state index contributed by atoms with van der Waals surface area (Å²) >= 11 is 1.57. The van der Waals surface area contributed by atoms with Gasteiger partial charge < -0.3 is 14.4 Å². The zero-order valence-corrected chi connectivity index (χ0v) is 16.7. The summed E-state index contributed by atoms with van der Waals surface area (Å²) in [6.45, 7) is 5.53. The van der Waals surface area contributed by atoms with Crippen LogP contribution in [0, 0.1) is 13.8 Å². The molecule has 0 N–H and O–H groups in total. The summed E-state index contributed by atoms with van der Waals surface area (Å²) in [7, 11) is 3.16. The molecule has 27 heavy (non-hydrogen) atoms. The number of hydrogen-bond donors (Lipinski definition) is 0. The van der Waals surface area contributed by atoms with E-state index in [0.717, 1.165) is 20.7 Å². The van der Waals surface area contributed by atoms with Gasteiger partial charge in [-0.25, -0.2) is 18.9 Å². The zero-order valence-electron chi connectivity index (χ0n) is 15.9. The maximum atomic E-state index is 12.7. The Morgan fingerprint density at radius 3 is 2.52 bits per heavy atom. The highest BCUT2D eigenvalue weighted by Gasteiger charge is 2.19. The Morgan fingerprint density at radius 1 is 1.22 bits per heavy atom. The monoisotopic (exact) mass is 393 g/mol. The number of thiophene rings is 1. The summed E-state index contributed by atoms with van der Waals surface area (Å²) in [6, 6.07) is 0. The molecule has 0 fully saturated rings. The van der Waals surface area contributed by atoms with E-state index in [9.17, 15) is 9.59 Å². The molecule has 0 bridgehead atoms. The van der Waals surface area contributed by atoms with Gasteiger partial charge in [0.25, 0.3) is 0 Å². The Hall–Kier alpha value is -2.30. The number of carbonyl (C=O) groups is 1. The molecular formula is C17H23N5O4S. The van der Waals surface area contributed by atoms with Gasteiger partial charge in [0.1, 0.15) is 17.7 Å². The summed E-state index contributed by atoms with van der Waals surface area (Å²) in [5.41, 5.74) is 1.20. The first kappa shape index (κ1) is 19.5. The normalized spacial score (nSPS) is 11.6. The Balaban J connectivity index is 1.94. The van der Waals surface area contributed by atoms with E-state index in [2.05, 4.69) is 10.1 Å². The number of carbonyl (C=O) groups excluding carboxylic acids is 1. The molecule has 3 aromatic rings. The van der Waals surface area contributed by atoms with E-state index in [1.54, 1.807) is 30.5 Å². The van der Waals surface area contributed by atoms with Gasteiger partial charge in [0, 0.05) is 32.2 Å². The molecule has 9 nitrogen and oxygen atoms in total. The van der Waals surface area contributed by atoms with Gasteiger partial charge in [0.15, 0.2) is 5.65 Å². The lowest BCUT2D eigenvalue weighted by atomic mass is 10.2. The third kappa shape index (κ3) is 3.73. The van der Waals surface area contributed by atoms with Crippen LogP contribution in [0.15, 0.2) is 11.1 Å². The third-order valence-corrected chi connectivity index (χ3v) is 5.63. The van der Waals surface area contributed by atoms with Crippen LogP contribution in [-0.2, 0) is 20.8 Å². The first-order valence-corrected chi connectivity index (χ1v) is 9.39. The van der Waals surface area contributed by atoms with Crippen LogP contribution in [0.2, 0.25) is 0 Å². The SMILES string of the molecule is COCCN(CCOC)C(=O)Cn1nc2c3c(C)c(C)sc3ncn2c1=O. The Morgan fingerprint density at radius 2 is 1.89 bits per heavy atom. The summed E-state index contributed by atoms with van der Waals surface area (Å²) in [5, 5.41) is 5.28. The number of amides is 1. The molecule has 0 aromatic carbocycles. The second-order valence-electron chi connectivity index (χ2n) is 6.21. The van der Waals surface area contributed by atoms with E-state index in [1.165, 1.54) is 15.4 Å². The fourth-order valence-corrected chi connectivity index (χ4v) is 3.85.